The Balaban J connectivity index is 4.54. The van der Waals surface area contributed by atoms with Gasteiger partial charge in [-0.05, 0) is 19.8 Å². The minimum Gasteiger partial charge on any atom is -0.372 e. The van der Waals surface area contributed by atoms with Crippen LogP contribution in [-0.2, 0) is 4.74 Å². The molecule has 0 atom stereocenters. The summed E-state index contributed by atoms with van der Waals surface area (Å²) in [5.74, 6) is 0. The Hall–Kier alpha value is -0.370. The van der Waals surface area contributed by atoms with Gasteiger partial charge in [-0.3, -0.25) is 4.99 Å². The number of nitrogens with zero attached hydrogens (tertiary/aromatic N) is 1. The monoisotopic (exact) mass is 157 g/mol. The molecule has 0 amide bonds. The molecule has 0 radical (unpaired) electrons. The molecule has 0 unspecified atom stereocenters. The Labute approximate surface area is 69.7 Å². The zero-order valence-corrected chi connectivity index (χ0v) is 8.27. The van der Waals surface area contributed by atoms with Gasteiger partial charge in [-0.15, -0.1) is 0 Å². The highest BCUT2D eigenvalue weighted by atomic mass is 16.5. The highest BCUT2D eigenvalue weighted by Crippen LogP contribution is 2.21. The standard InChI is InChI=1S/C9H19NO/c1-6-9(7-2,11-5)8(3)10-4/h6-7H2,1-5H3. The first kappa shape index (κ1) is 10.6. The van der Waals surface area contributed by atoms with Crippen molar-refractivity contribution in [3.63, 3.8) is 0 Å². The second-order valence-electron chi connectivity index (χ2n) is 2.71. The van der Waals surface area contributed by atoms with Crippen molar-refractivity contribution in [2.75, 3.05) is 14.2 Å². The van der Waals surface area contributed by atoms with Crippen molar-refractivity contribution in [2.24, 2.45) is 4.99 Å². The summed E-state index contributed by atoms with van der Waals surface area (Å²) in [7, 11) is 3.57. The van der Waals surface area contributed by atoms with Gasteiger partial charge in [0.1, 0.15) is 5.60 Å². The SMILES string of the molecule is CCC(CC)(OC)C(C)=NC. The van der Waals surface area contributed by atoms with E-state index in [4.69, 9.17) is 4.74 Å². The van der Waals surface area contributed by atoms with Gasteiger partial charge in [0.25, 0.3) is 0 Å². The van der Waals surface area contributed by atoms with E-state index < -0.39 is 0 Å². The number of rotatable bonds is 4. The zero-order valence-electron chi connectivity index (χ0n) is 8.27. The van der Waals surface area contributed by atoms with Crippen molar-refractivity contribution in [1.82, 2.24) is 0 Å². The highest BCUT2D eigenvalue weighted by molar-refractivity contribution is 5.90. The van der Waals surface area contributed by atoms with Crippen LogP contribution in [0.3, 0.4) is 0 Å². The number of ether oxygens (including phenoxy) is 1. The van der Waals surface area contributed by atoms with Gasteiger partial charge in [0, 0.05) is 19.9 Å². The fraction of sp³-hybridized carbons (Fsp3) is 0.889. The van der Waals surface area contributed by atoms with Crippen LogP contribution in [0.15, 0.2) is 4.99 Å². The first-order chi connectivity index (χ1) is 5.16. The van der Waals surface area contributed by atoms with Gasteiger partial charge in [-0.1, -0.05) is 13.8 Å². The van der Waals surface area contributed by atoms with Gasteiger partial charge in [-0.2, -0.15) is 0 Å². The van der Waals surface area contributed by atoms with E-state index in [1.807, 2.05) is 14.0 Å². The Morgan fingerprint density at radius 2 is 1.82 bits per heavy atom. The van der Waals surface area contributed by atoms with E-state index >= 15 is 0 Å². The molecule has 0 aliphatic heterocycles. The Morgan fingerprint density at radius 1 is 1.36 bits per heavy atom. The molecular formula is C9H19NO. The van der Waals surface area contributed by atoms with E-state index in [0.29, 0.717) is 0 Å². The molecule has 0 saturated heterocycles. The Bertz CT molecular complexity index is 128. The number of aliphatic imine (C=N–C) groups is 1. The number of methoxy groups -OCH3 is 1. The Morgan fingerprint density at radius 3 is 1.91 bits per heavy atom. The summed E-state index contributed by atoms with van der Waals surface area (Å²) in [4.78, 5) is 4.17. The van der Waals surface area contributed by atoms with Gasteiger partial charge in [0.15, 0.2) is 0 Å². The van der Waals surface area contributed by atoms with Crippen LogP contribution in [0, 0.1) is 0 Å². The maximum absolute atomic E-state index is 5.46. The van der Waals surface area contributed by atoms with Crippen molar-refractivity contribution in [3.8, 4) is 0 Å². The maximum atomic E-state index is 5.46. The fourth-order valence-electron chi connectivity index (χ4n) is 1.40. The summed E-state index contributed by atoms with van der Waals surface area (Å²) in [6, 6.07) is 0. The van der Waals surface area contributed by atoms with Crippen LogP contribution in [0.4, 0.5) is 0 Å². The van der Waals surface area contributed by atoms with Crippen LogP contribution in [0.1, 0.15) is 33.6 Å². The average Bonchev–Trinajstić information content (AvgIpc) is 2.08. The van der Waals surface area contributed by atoms with Gasteiger partial charge >= 0.3 is 0 Å². The average molecular weight is 157 g/mol. The zero-order chi connectivity index (χ0) is 8.91. The normalized spacial score (nSPS) is 13.7. The summed E-state index contributed by atoms with van der Waals surface area (Å²) in [5.41, 5.74) is 0.972. The topological polar surface area (TPSA) is 21.6 Å². The minimum absolute atomic E-state index is 0.116. The van der Waals surface area contributed by atoms with Gasteiger partial charge in [-0.25, -0.2) is 0 Å². The fourth-order valence-corrected chi connectivity index (χ4v) is 1.40. The second kappa shape index (κ2) is 4.50. The third-order valence-corrected chi connectivity index (χ3v) is 2.53. The molecule has 0 aromatic heterocycles. The van der Waals surface area contributed by atoms with Crippen LogP contribution in [0.2, 0.25) is 0 Å². The largest absolute Gasteiger partial charge is 0.372 e. The molecule has 11 heavy (non-hydrogen) atoms. The van der Waals surface area contributed by atoms with E-state index in [9.17, 15) is 0 Å². The predicted molar refractivity (Wildman–Crippen MR) is 49.4 cm³/mol. The third kappa shape index (κ3) is 2.03. The molecule has 2 nitrogen and oxygen atoms in total. The molecular weight excluding hydrogens is 138 g/mol. The third-order valence-electron chi connectivity index (χ3n) is 2.53. The first-order valence-electron chi connectivity index (χ1n) is 4.15. The molecule has 66 valence electrons. The Kier molecular flexibility index (Phi) is 4.34. The van der Waals surface area contributed by atoms with E-state index in [1.54, 1.807) is 7.11 Å². The molecule has 0 aromatic carbocycles. The summed E-state index contributed by atoms with van der Waals surface area (Å²) in [6.45, 7) is 6.28. The van der Waals surface area contributed by atoms with Crippen molar-refractivity contribution in [2.45, 2.75) is 39.2 Å². The predicted octanol–water partition coefficient (Wildman–Crippen LogP) is 2.28. The smallest absolute Gasteiger partial charge is 0.104 e. The molecule has 0 rings (SSSR count). The van der Waals surface area contributed by atoms with E-state index in [1.165, 1.54) is 0 Å². The molecule has 0 aromatic rings. The molecule has 0 spiro atoms. The molecule has 0 fully saturated rings. The van der Waals surface area contributed by atoms with Crippen molar-refractivity contribution < 1.29 is 4.74 Å². The summed E-state index contributed by atoms with van der Waals surface area (Å²) < 4.78 is 5.46. The van der Waals surface area contributed by atoms with Gasteiger partial charge in [0.05, 0.1) is 0 Å². The molecule has 2 heteroatoms. The molecule has 0 heterocycles. The quantitative estimate of drug-likeness (QED) is 0.574. The summed E-state index contributed by atoms with van der Waals surface area (Å²) >= 11 is 0. The van der Waals surface area contributed by atoms with Crippen LogP contribution in [0.5, 0.6) is 0 Å². The van der Waals surface area contributed by atoms with Gasteiger partial charge in [0.2, 0.25) is 0 Å². The summed E-state index contributed by atoms with van der Waals surface area (Å²) in [5, 5.41) is 0. The van der Waals surface area contributed by atoms with Crippen LogP contribution in [-0.4, -0.2) is 25.5 Å². The molecule has 0 N–H and O–H groups in total. The van der Waals surface area contributed by atoms with Crippen molar-refractivity contribution in [3.05, 3.63) is 0 Å². The lowest BCUT2D eigenvalue weighted by Crippen LogP contribution is -2.37. The van der Waals surface area contributed by atoms with E-state index in [-0.39, 0.29) is 5.60 Å². The van der Waals surface area contributed by atoms with Crippen LogP contribution >= 0.6 is 0 Å². The van der Waals surface area contributed by atoms with Crippen LogP contribution in [0.25, 0.3) is 0 Å². The summed E-state index contributed by atoms with van der Waals surface area (Å²) in [6.07, 6.45) is 1.98. The van der Waals surface area contributed by atoms with Gasteiger partial charge < -0.3 is 4.74 Å². The lowest BCUT2D eigenvalue weighted by molar-refractivity contribution is 0.0430. The van der Waals surface area contributed by atoms with E-state index in [0.717, 1.165) is 18.6 Å². The van der Waals surface area contributed by atoms with Crippen molar-refractivity contribution >= 4 is 5.71 Å². The van der Waals surface area contributed by atoms with Crippen LogP contribution < -0.4 is 0 Å². The lowest BCUT2D eigenvalue weighted by atomic mass is 9.92. The highest BCUT2D eigenvalue weighted by Gasteiger charge is 2.28. The molecule has 0 aliphatic rings. The maximum Gasteiger partial charge on any atom is 0.104 e. The lowest BCUT2D eigenvalue weighted by Gasteiger charge is -2.29. The number of hydrogen-bond donors (Lipinski definition) is 0. The second-order valence-corrected chi connectivity index (χ2v) is 2.71. The molecule has 0 saturated carbocycles. The number of hydrogen-bond acceptors (Lipinski definition) is 2. The first-order valence-corrected chi connectivity index (χ1v) is 4.15. The molecule has 0 aliphatic carbocycles. The minimum atomic E-state index is -0.116. The van der Waals surface area contributed by atoms with Crippen molar-refractivity contribution in [1.29, 1.82) is 0 Å². The molecule has 0 bridgehead atoms. The van der Waals surface area contributed by atoms with E-state index in [2.05, 4.69) is 18.8 Å².